The maximum atomic E-state index is 13.2. The normalized spacial score (nSPS) is 21.3. The minimum Gasteiger partial charge on any atom is -0.338 e. The quantitative estimate of drug-likeness (QED) is 0.452. The molecule has 1 saturated heterocycles. The molecular formula is C28H27F3N2O. The standard InChI is InChI=1S/C28H27F3N2O/c1-18-22-15-17-33(27(34)32-16-14-19-6-3-2-4-7-19)26(18)25-23(8-5-9-24(22)25)20-10-12-21(13-11-20)28(29,30)31/h2-13,18,22,26H,14-17H2,1H3,(H,32,34)/t18-,22?,26?/m0/s1. The third kappa shape index (κ3) is 4.06. The molecule has 2 amide bonds. The Balaban J connectivity index is 1.41. The number of halogens is 3. The van der Waals surface area contributed by atoms with Crippen LogP contribution in [0.2, 0.25) is 0 Å². The van der Waals surface area contributed by atoms with Crippen LogP contribution in [0.1, 0.15) is 47.6 Å². The SMILES string of the molecule is C[C@H]1C2CCN(C(=O)NCCc3ccccc3)C1c1c(-c3ccc(C(F)(F)F)cc3)cccc12. The number of fused-ring (bicyclic) bond motifs is 5. The van der Waals surface area contributed by atoms with Gasteiger partial charge in [-0.15, -0.1) is 0 Å². The molecule has 1 fully saturated rings. The average molecular weight is 465 g/mol. The first-order valence-corrected chi connectivity index (χ1v) is 11.7. The highest BCUT2D eigenvalue weighted by Crippen LogP contribution is 2.55. The number of amides is 2. The number of benzene rings is 3. The van der Waals surface area contributed by atoms with Crippen LogP contribution in [0.5, 0.6) is 0 Å². The Labute approximate surface area is 197 Å². The van der Waals surface area contributed by atoms with Crippen LogP contribution in [0.4, 0.5) is 18.0 Å². The number of hydrogen-bond acceptors (Lipinski definition) is 1. The van der Waals surface area contributed by atoms with Gasteiger partial charge >= 0.3 is 12.2 Å². The number of likely N-dealkylation sites (tertiary alicyclic amines) is 1. The van der Waals surface area contributed by atoms with E-state index in [4.69, 9.17) is 0 Å². The summed E-state index contributed by atoms with van der Waals surface area (Å²) in [6, 6.07) is 21.2. The fraction of sp³-hybridized carbons (Fsp3) is 0.321. The summed E-state index contributed by atoms with van der Waals surface area (Å²) in [6.45, 7) is 3.39. The summed E-state index contributed by atoms with van der Waals surface area (Å²) >= 11 is 0. The van der Waals surface area contributed by atoms with E-state index in [-0.39, 0.29) is 18.0 Å². The van der Waals surface area contributed by atoms with Crippen LogP contribution < -0.4 is 5.32 Å². The van der Waals surface area contributed by atoms with Crippen molar-refractivity contribution in [2.75, 3.05) is 13.1 Å². The van der Waals surface area contributed by atoms with Gasteiger partial charge in [0.05, 0.1) is 11.6 Å². The molecule has 3 aromatic carbocycles. The first-order valence-electron chi connectivity index (χ1n) is 11.7. The lowest BCUT2D eigenvalue weighted by Crippen LogP contribution is -2.47. The molecule has 2 bridgehead atoms. The van der Waals surface area contributed by atoms with Crippen molar-refractivity contribution in [3.05, 3.63) is 95.1 Å². The molecule has 1 aliphatic carbocycles. The van der Waals surface area contributed by atoms with Gasteiger partial charge in [-0.2, -0.15) is 13.2 Å². The van der Waals surface area contributed by atoms with Crippen LogP contribution in [0.15, 0.2) is 72.8 Å². The topological polar surface area (TPSA) is 32.3 Å². The van der Waals surface area contributed by atoms with Crippen molar-refractivity contribution >= 4 is 6.03 Å². The number of hydrogen-bond donors (Lipinski definition) is 1. The summed E-state index contributed by atoms with van der Waals surface area (Å²) in [7, 11) is 0. The Morgan fingerprint density at radius 1 is 1.00 bits per heavy atom. The van der Waals surface area contributed by atoms with Gasteiger partial charge in [-0.25, -0.2) is 4.79 Å². The van der Waals surface area contributed by atoms with E-state index in [1.165, 1.54) is 23.3 Å². The molecule has 2 unspecified atom stereocenters. The number of rotatable bonds is 4. The van der Waals surface area contributed by atoms with E-state index < -0.39 is 11.7 Å². The molecule has 6 heteroatoms. The minimum absolute atomic E-state index is 0.0821. The highest BCUT2D eigenvalue weighted by atomic mass is 19.4. The largest absolute Gasteiger partial charge is 0.416 e. The smallest absolute Gasteiger partial charge is 0.338 e. The van der Waals surface area contributed by atoms with E-state index in [1.54, 1.807) is 0 Å². The molecule has 2 aliphatic rings. The Hall–Kier alpha value is -3.28. The van der Waals surface area contributed by atoms with Gasteiger partial charge in [0.15, 0.2) is 0 Å². The molecule has 3 nitrogen and oxygen atoms in total. The van der Waals surface area contributed by atoms with Crippen LogP contribution in [-0.2, 0) is 12.6 Å². The fourth-order valence-corrected chi connectivity index (χ4v) is 5.66. The zero-order chi connectivity index (χ0) is 23.9. The Bertz CT molecular complexity index is 1170. The van der Waals surface area contributed by atoms with Crippen molar-refractivity contribution in [2.45, 2.75) is 37.9 Å². The molecule has 1 aliphatic heterocycles. The van der Waals surface area contributed by atoms with Crippen LogP contribution >= 0.6 is 0 Å². The Morgan fingerprint density at radius 3 is 2.44 bits per heavy atom. The second-order valence-electron chi connectivity index (χ2n) is 9.24. The Morgan fingerprint density at radius 2 is 1.74 bits per heavy atom. The molecule has 3 atom stereocenters. The first-order chi connectivity index (χ1) is 16.3. The summed E-state index contributed by atoms with van der Waals surface area (Å²) in [5, 5.41) is 3.08. The lowest BCUT2D eigenvalue weighted by atomic mass is 9.85. The molecular weight excluding hydrogens is 437 g/mol. The highest BCUT2D eigenvalue weighted by molar-refractivity contribution is 5.78. The van der Waals surface area contributed by atoms with Crippen molar-refractivity contribution in [3.63, 3.8) is 0 Å². The molecule has 5 rings (SSSR count). The van der Waals surface area contributed by atoms with E-state index in [2.05, 4.69) is 18.3 Å². The van der Waals surface area contributed by atoms with Gasteiger partial charge in [0.1, 0.15) is 0 Å². The fourth-order valence-electron chi connectivity index (χ4n) is 5.66. The van der Waals surface area contributed by atoms with Crippen molar-refractivity contribution in [1.82, 2.24) is 10.2 Å². The van der Waals surface area contributed by atoms with E-state index >= 15 is 0 Å². The minimum atomic E-state index is -4.36. The summed E-state index contributed by atoms with van der Waals surface area (Å²) in [5.41, 5.74) is 4.47. The zero-order valence-electron chi connectivity index (χ0n) is 19.0. The van der Waals surface area contributed by atoms with Crippen molar-refractivity contribution in [1.29, 1.82) is 0 Å². The van der Waals surface area contributed by atoms with E-state index in [0.29, 0.717) is 19.0 Å². The molecule has 34 heavy (non-hydrogen) atoms. The number of piperidine rings is 1. The first kappa shape index (κ1) is 22.5. The predicted octanol–water partition coefficient (Wildman–Crippen LogP) is 6.80. The number of nitrogens with one attached hydrogen (secondary N) is 1. The van der Waals surface area contributed by atoms with Gasteiger partial charge in [-0.1, -0.05) is 67.6 Å². The van der Waals surface area contributed by atoms with Gasteiger partial charge < -0.3 is 10.2 Å². The lowest BCUT2D eigenvalue weighted by molar-refractivity contribution is -0.137. The lowest BCUT2D eigenvalue weighted by Gasteiger charge is -2.38. The highest BCUT2D eigenvalue weighted by Gasteiger charge is 2.47. The predicted molar refractivity (Wildman–Crippen MR) is 126 cm³/mol. The molecule has 176 valence electrons. The maximum Gasteiger partial charge on any atom is 0.416 e. The van der Waals surface area contributed by atoms with Crippen molar-refractivity contribution in [2.24, 2.45) is 5.92 Å². The number of nitrogens with zero attached hydrogens (tertiary/aromatic N) is 1. The van der Waals surface area contributed by atoms with Gasteiger partial charge in [-0.05, 0) is 64.6 Å². The third-order valence-corrected chi connectivity index (χ3v) is 7.30. The van der Waals surface area contributed by atoms with Gasteiger partial charge in [0.2, 0.25) is 0 Å². The van der Waals surface area contributed by atoms with Crippen LogP contribution in [0.3, 0.4) is 0 Å². The zero-order valence-corrected chi connectivity index (χ0v) is 19.0. The van der Waals surface area contributed by atoms with Gasteiger partial charge in [-0.3, -0.25) is 0 Å². The summed E-state index contributed by atoms with van der Waals surface area (Å²) in [6.07, 6.45) is -2.72. The van der Waals surface area contributed by atoms with E-state index in [1.807, 2.05) is 47.4 Å². The molecule has 3 aromatic rings. The van der Waals surface area contributed by atoms with E-state index in [0.717, 1.165) is 41.7 Å². The molecule has 0 radical (unpaired) electrons. The van der Waals surface area contributed by atoms with Crippen LogP contribution in [0.25, 0.3) is 11.1 Å². The van der Waals surface area contributed by atoms with Gasteiger partial charge in [0.25, 0.3) is 0 Å². The van der Waals surface area contributed by atoms with Crippen molar-refractivity contribution < 1.29 is 18.0 Å². The third-order valence-electron chi connectivity index (χ3n) is 7.30. The molecule has 1 heterocycles. The second-order valence-corrected chi connectivity index (χ2v) is 9.24. The average Bonchev–Trinajstić information content (AvgIpc) is 2.99. The number of carbonyl (C=O) groups excluding carboxylic acids is 1. The Kier molecular flexibility index (Phi) is 5.84. The van der Waals surface area contributed by atoms with Gasteiger partial charge in [0, 0.05) is 13.1 Å². The van der Waals surface area contributed by atoms with Crippen LogP contribution in [-0.4, -0.2) is 24.0 Å². The number of carbonyl (C=O) groups is 1. The second kappa shape index (κ2) is 8.82. The van der Waals surface area contributed by atoms with Crippen molar-refractivity contribution in [3.8, 4) is 11.1 Å². The van der Waals surface area contributed by atoms with Crippen LogP contribution in [0, 0.1) is 5.92 Å². The summed E-state index contributed by atoms with van der Waals surface area (Å²) < 4.78 is 39.2. The molecule has 0 spiro atoms. The summed E-state index contributed by atoms with van der Waals surface area (Å²) in [5.74, 6) is 0.599. The number of urea groups is 1. The molecule has 0 saturated carbocycles. The monoisotopic (exact) mass is 464 g/mol. The maximum absolute atomic E-state index is 13.2. The number of alkyl halides is 3. The molecule has 1 N–H and O–H groups in total. The summed E-state index contributed by atoms with van der Waals surface area (Å²) in [4.78, 5) is 15.1. The molecule has 0 aromatic heterocycles. The van der Waals surface area contributed by atoms with E-state index in [9.17, 15) is 18.0 Å².